The average Bonchev–Trinajstić information content (AvgIpc) is 2.58. The van der Waals surface area contributed by atoms with Crippen LogP contribution in [0.25, 0.3) is 0 Å². The Morgan fingerprint density at radius 3 is 2.64 bits per heavy atom. The van der Waals surface area contributed by atoms with Gasteiger partial charge in [-0.2, -0.15) is 5.26 Å². The van der Waals surface area contributed by atoms with E-state index in [4.69, 9.17) is 5.26 Å². The van der Waals surface area contributed by atoms with Crippen molar-refractivity contribution in [3.8, 4) is 6.07 Å². The van der Waals surface area contributed by atoms with Crippen LogP contribution in [-0.4, -0.2) is 29.1 Å². The molecule has 0 bridgehead atoms. The molecule has 0 aliphatic carbocycles. The Kier molecular flexibility index (Phi) is 4.15. The minimum absolute atomic E-state index is 0.218. The van der Waals surface area contributed by atoms with Gasteiger partial charge in [-0.05, 0) is 25.0 Å². The van der Waals surface area contributed by atoms with Crippen molar-refractivity contribution >= 4 is 11.5 Å². The maximum absolute atomic E-state index is 13.7. The first-order valence-electron chi connectivity index (χ1n) is 7.25. The largest absolute Gasteiger partial charge is 0.380 e. The van der Waals surface area contributed by atoms with Crippen molar-refractivity contribution in [2.45, 2.75) is 18.9 Å². The van der Waals surface area contributed by atoms with Crippen LogP contribution >= 0.6 is 0 Å². The molecule has 1 N–H and O–H groups in total. The highest BCUT2D eigenvalue weighted by Gasteiger charge is 2.22. The van der Waals surface area contributed by atoms with Crippen molar-refractivity contribution in [2.24, 2.45) is 0 Å². The third kappa shape index (κ3) is 2.98. The lowest BCUT2D eigenvalue weighted by molar-refractivity contribution is 0.518. The van der Waals surface area contributed by atoms with Crippen molar-refractivity contribution < 1.29 is 4.39 Å². The number of benzene rings is 1. The molecule has 2 heterocycles. The number of nitrogens with zero attached hydrogens (tertiary/aromatic N) is 4. The van der Waals surface area contributed by atoms with Gasteiger partial charge in [0.05, 0.1) is 5.69 Å². The van der Waals surface area contributed by atoms with E-state index in [-0.39, 0.29) is 11.9 Å². The fourth-order valence-electron chi connectivity index (χ4n) is 2.67. The molecule has 112 valence electrons. The van der Waals surface area contributed by atoms with Crippen LogP contribution in [0.15, 0.2) is 36.7 Å². The summed E-state index contributed by atoms with van der Waals surface area (Å²) in [7, 11) is 0. The molecule has 1 fully saturated rings. The highest BCUT2D eigenvalue weighted by atomic mass is 19.1. The van der Waals surface area contributed by atoms with E-state index in [0.29, 0.717) is 17.2 Å². The van der Waals surface area contributed by atoms with Crippen LogP contribution in [-0.2, 0) is 0 Å². The lowest BCUT2D eigenvalue weighted by Crippen LogP contribution is -2.40. The van der Waals surface area contributed by atoms with E-state index in [0.717, 1.165) is 25.9 Å². The summed E-state index contributed by atoms with van der Waals surface area (Å²) in [5, 5.41) is 12.3. The summed E-state index contributed by atoms with van der Waals surface area (Å²) in [5.41, 5.74) is 0.890. The Bertz CT molecular complexity index is 689. The Morgan fingerprint density at radius 2 is 1.91 bits per heavy atom. The lowest BCUT2D eigenvalue weighted by atomic mass is 10.0. The van der Waals surface area contributed by atoms with Gasteiger partial charge in [-0.3, -0.25) is 0 Å². The van der Waals surface area contributed by atoms with Gasteiger partial charge in [0.15, 0.2) is 11.5 Å². The van der Waals surface area contributed by atoms with Crippen molar-refractivity contribution in [1.82, 2.24) is 9.97 Å². The molecule has 0 spiro atoms. The van der Waals surface area contributed by atoms with Gasteiger partial charge >= 0.3 is 0 Å². The molecule has 0 saturated carbocycles. The molecular weight excluding hydrogens is 281 g/mol. The number of piperidine rings is 1. The predicted octanol–water partition coefficient (Wildman–Crippen LogP) is 2.57. The molecule has 6 heteroatoms. The molecular formula is C16H16FN5. The number of aromatic nitrogens is 2. The van der Waals surface area contributed by atoms with Crippen LogP contribution in [0.3, 0.4) is 0 Å². The second kappa shape index (κ2) is 6.39. The summed E-state index contributed by atoms with van der Waals surface area (Å²) in [6.07, 6.45) is 4.83. The van der Waals surface area contributed by atoms with E-state index < -0.39 is 0 Å². The van der Waals surface area contributed by atoms with Crippen LogP contribution in [0.5, 0.6) is 0 Å². The number of anilines is 2. The van der Waals surface area contributed by atoms with E-state index in [1.807, 2.05) is 6.07 Å². The molecule has 2 aromatic rings. The predicted molar refractivity (Wildman–Crippen MR) is 82.0 cm³/mol. The highest BCUT2D eigenvalue weighted by molar-refractivity contribution is 5.50. The van der Waals surface area contributed by atoms with Gasteiger partial charge in [0.2, 0.25) is 0 Å². The van der Waals surface area contributed by atoms with Crippen LogP contribution < -0.4 is 10.2 Å². The van der Waals surface area contributed by atoms with Crippen molar-refractivity contribution in [3.63, 3.8) is 0 Å². The van der Waals surface area contributed by atoms with Gasteiger partial charge in [-0.25, -0.2) is 14.4 Å². The van der Waals surface area contributed by atoms with Gasteiger partial charge in [0.1, 0.15) is 11.9 Å². The number of para-hydroxylation sites is 1. The molecule has 0 radical (unpaired) electrons. The fraction of sp³-hybridized carbons (Fsp3) is 0.312. The van der Waals surface area contributed by atoms with E-state index in [1.165, 1.54) is 12.3 Å². The van der Waals surface area contributed by atoms with Crippen LogP contribution in [0, 0.1) is 17.1 Å². The van der Waals surface area contributed by atoms with E-state index >= 15 is 0 Å². The number of hydrogen-bond acceptors (Lipinski definition) is 5. The van der Waals surface area contributed by atoms with Crippen molar-refractivity contribution in [3.05, 3.63) is 48.2 Å². The smallest absolute Gasteiger partial charge is 0.183 e. The minimum Gasteiger partial charge on any atom is -0.380 e. The molecule has 1 aromatic carbocycles. The molecule has 1 aliphatic heterocycles. The van der Waals surface area contributed by atoms with Crippen LogP contribution in [0.2, 0.25) is 0 Å². The number of nitrogens with one attached hydrogen (secondary N) is 1. The molecule has 1 saturated heterocycles. The van der Waals surface area contributed by atoms with Gasteiger partial charge in [-0.1, -0.05) is 12.1 Å². The molecule has 0 atom stereocenters. The maximum atomic E-state index is 13.7. The average molecular weight is 297 g/mol. The summed E-state index contributed by atoms with van der Waals surface area (Å²) >= 11 is 0. The van der Waals surface area contributed by atoms with Gasteiger partial charge < -0.3 is 10.2 Å². The molecule has 22 heavy (non-hydrogen) atoms. The number of hydrogen-bond donors (Lipinski definition) is 1. The molecule has 5 nitrogen and oxygen atoms in total. The third-order valence-electron chi connectivity index (χ3n) is 3.81. The minimum atomic E-state index is -0.231. The molecule has 0 unspecified atom stereocenters. The summed E-state index contributed by atoms with van der Waals surface area (Å²) in [6.45, 7) is 1.53. The second-order valence-corrected chi connectivity index (χ2v) is 5.23. The van der Waals surface area contributed by atoms with E-state index in [2.05, 4.69) is 26.3 Å². The normalized spacial score (nSPS) is 15.4. The Hall–Kier alpha value is -2.68. The van der Waals surface area contributed by atoms with E-state index in [9.17, 15) is 4.39 Å². The van der Waals surface area contributed by atoms with Crippen molar-refractivity contribution in [1.29, 1.82) is 5.26 Å². The van der Waals surface area contributed by atoms with Gasteiger partial charge in [0.25, 0.3) is 0 Å². The monoisotopic (exact) mass is 297 g/mol. The highest BCUT2D eigenvalue weighted by Crippen LogP contribution is 2.23. The summed E-state index contributed by atoms with van der Waals surface area (Å²) in [4.78, 5) is 10.4. The molecule has 3 rings (SSSR count). The zero-order valence-electron chi connectivity index (χ0n) is 12.0. The lowest BCUT2D eigenvalue weighted by Gasteiger charge is -2.33. The fourth-order valence-corrected chi connectivity index (χ4v) is 2.67. The van der Waals surface area contributed by atoms with Crippen LogP contribution in [0.1, 0.15) is 18.5 Å². The number of nitriles is 1. The van der Waals surface area contributed by atoms with Crippen LogP contribution in [0.4, 0.5) is 15.9 Å². The van der Waals surface area contributed by atoms with Gasteiger partial charge in [-0.15, -0.1) is 0 Å². The zero-order chi connectivity index (χ0) is 15.4. The Balaban J connectivity index is 1.63. The zero-order valence-corrected chi connectivity index (χ0v) is 12.0. The second-order valence-electron chi connectivity index (χ2n) is 5.23. The van der Waals surface area contributed by atoms with Crippen molar-refractivity contribution in [2.75, 3.05) is 23.3 Å². The summed E-state index contributed by atoms with van der Waals surface area (Å²) < 4.78 is 13.7. The summed E-state index contributed by atoms with van der Waals surface area (Å²) in [5.74, 6) is 0.403. The first-order chi connectivity index (χ1) is 10.8. The molecule has 1 aromatic heterocycles. The topological polar surface area (TPSA) is 64.8 Å². The maximum Gasteiger partial charge on any atom is 0.183 e. The standard InChI is InChI=1S/C16H16FN5/c17-13-3-1-2-4-14(13)21-12-5-9-22(10-6-12)16-15(11-18)19-7-8-20-16/h1-4,7-8,12,21H,5-6,9-10H2. The Morgan fingerprint density at radius 1 is 1.18 bits per heavy atom. The van der Waals surface area contributed by atoms with Gasteiger partial charge in [0, 0.05) is 31.5 Å². The summed E-state index contributed by atoms with van der Waals surface area (Å²) in [6, 6.07) is 8.99. The molecule has 0 amide bonds. The third-order valence-corrected chi connectivity index (χ3v) is 3.81. The SMILES string of the molecule is N#Cc1nccnc1N1CCC(Nc2ccccc2F)CC1. The number of rotatable bonds is 3. The first-order valence-corrected chi connectivity index (χ1v) is 7.25. The first kappa shape index (κ1) is 14.3. The van der Waals surface area contributed by atoms with E-state index in [1.54, 1.807) is 18.3 Å². The number of halogens is 1. The Labute approximate surface area is 128 Å². The quantitative estimate of drug-likeness (QED) is 0.943. The molecule has 1 aliphatic rings.